The number of nitrogens with two attached hydrogens (primary N) is 1. The Hall–Kier alpha value is -4.01. The van der Waals surface area contributed by atoms with Crippen LogP contribution in [0.15, 0.2) is 54.1 Å². The van der Waals surface area contributed by atoms with Crippen molar-refractivity contribution in [2.45, 2.75) is 32.2 Å². The summed E-state index contributed by atoms with van der Waals surface area (Å²) in [5.74, 6) is 0.433. The molecule has 1 aliphatic carbocycles. The lowest BCUT2D eigenvalue weighted by atomic mass is 10.0. The molecular weight excluding hydrogens is 392 g/mol. The van der Waals surface area contributed by atoms with E-state index in [4.69, 9.17) is 5.73 Å². The van der Waals surface area contributed by atoms with Crippen LogP contribution in [0.2, 0.25) is 0 Å². The highest BCUT2D eigenvalue weighted by atomic mass is 16.1. The molecule has 5 aromatic rings. The lowest BCUT2D eigenvalue weighted by molar-refractivity contribution is 0.670. The third kappa shape index (κ3) is 3.43. The van der Waals surface area contributed by atoms with Crippen molar-refractivity contribution in [3.8, 4) is 11.1 Å². The Morgan fingerprint density at radius 3 is 2.81 bits per heavy atom. The number of fused-ring (bicyclic) bond motifs is 2. The highest BCUT2D eigenvalue weighted by Gasteiger charge is 2.27. The Labute approximate surface area is 177 Å². The van der Waals surface area contributed by atoms with E-state index >= 15 is 0 Å². The number of aromatic amines is 2. The molecule has 0 radical (unpaired) electrons. The van der Waals surface area contributed by atoms with Crippen molar-refractivity contribution < 1.29 is 0 Å². The van der Waals surface area contributed by atoms with E-state index in [0.29, 0.717) is 23.0 Å². The van der Waals surface area contributed by atoms with Gasteiger partial charge in [-0.2, -0.15) is 5.10 Å². The molecule has 0 amide bonds. The Kier molecular flexibility index (Phi) is 4.70. The summed E-state index contributed by atoms with van der Waals surface area (Å²) in [6, 6.07) is 8.59. The lowest BCUT2D eigenvalue weighted by Gasteiger charge is -2.14. The zero-order valence-corrected chi connectivity index (χ0v) is 17.0. The Morgan fingerprint density at radius 1 is 1.23 bits per heavy atom. The van der Waals surface area contributed by atoms with Gasteiger partial charge in [-0.05, 0) is 36.3 Å². The quantitative estimate of drug-likeness (QED) is 0.415. The van der Waals surface area contributed by atoms with E-state index in [9.17, 15) is 4.79 Å². The number of aromatic nitrogens is 7. The topological polar surface area (TPSA) is 131 Å². The van der Waals surface area contributed by atoms with Crippen molar-refractivity contribution in [2.75, 3.05) is 5.73 Å². The van der Waals surface area contributed by atoms with Crippen LogP contribution in [0.25, 0.3) is 33.1 Å². The second kappa shape index (κ2) is 7.67. The lowest BCUT2D eigenvalue weighted by Crippen LogP contribution is -2.23. The first-order valence-electron chi connectivity index (χ1n) is 10.2. The van der Waals surface area contributed by atoms with Gasteiger partial charge in [0, 0.05) is 23.5 Å². The fourth-order valence-electron chi connectivity index (χ4n) is 3.86. The van der Waals surface area contributed by atoms with Gasteiger partial charge in [-0.15, -0.1) is 0 Å². The molecule has 0 bridgehead atoms. The van der Waals surface area contributed by atoms with Crippen molar-refractivity contribution in [1.82, 2.24) is 34.7 Å². The molecule has 156 valence electrons. The van der Waals surface area contributed by atoms with Gasteiger partial charge in [0.2, 0.25) is 0 Å². The van der Waals surface area contributed by atoms with Crippen LogP contribution >= 0.6 is 0 Å². The van der Waals surface area contributed by atoms with Crippen molar-refractivity contribution in [3.05, 3.63) is 65.4 Å². The molecule has 9 heteroatoms. The van der Waals surface area contributed by atoms with E-state index in [1.165, 1.54) is 12.7 Å². The number of H-pyrrole nitrogens is 2. The van der Waals surface area contributed by atoms with E-state index in [1.807, 2.05) is 29.0 Å². The molecule has 0 saturated heterocycles. The van der Waals surface area contributed by atoms with Crippen molar-refractivity contribution in [2.24, 2.45) is 0 Å². The van der Waals surface area contributed by atoms with E-state index in [0.717, 1.165) is 46.9 Å². The van der Waals surface area contributed by atoms with Crippen LogP contribution < -0.4 is 11.3 Å². The third-order valence-electron chi connectivity index (χ3n) is 5.50. The van der Waals surface area contributed by atoms with Crippen LogP contribution in [0.5, 0.6) is 0 Å². The van der Waals surface area contributed by atoms with E-state index in [-0.39, 0.29) is 5.56 Å². The molecule has 1 aliphatic rings. The number of aryl methyl sites for hydroxylation is 1. The van der Waals surface area contributed by atoms with Gasteiger partial charge in [0.1, 0.15) is 11.8 Å². The Balaban J connectivity index is 0.000000171. The minimum atomic E-state index is 0.142. The number of pyridine rings is 1. The number of nitrogens with one attached hydrogen (secondary N) is 2. The number of nitrogen functional groups attached to an aromatic ring is 1. The summed E-state index contributed by atoms with van der Waals surface area (Å²) in [5.41, 5.74) is 9.98. The van der Waals surface area contributed by atoms with Crippen LogP contribution in [-0.4, -0.2) is 34.7 Å². The summed E-state index contributed by atoms with van der Waals surface area (Å²) in [6.07, 6.45) is 9.65. The molecule has 0 aliphatic heterocycles. The number of anilines is 1. The van der Waals surface area contributed by atoms with Gasteiger partial charge >= 0.3 is 0 Å². The SMILES string of the molecule is CCc1cc2cccc(-c3cn[nH]c3)c2c(=O)n1C1CC1.Nc1ncnc2nc[nH]c12. The summed E-state index contributed by atoms with van der Waals surface area (Å²) in [4.78, 5) is 27.4. The smallest absolute Gasteiger partial charge is 0.259 e. The molecule has 1 saturated carbocycles. The van der Waals surface area contributed by atoms with Gasteiger partial charge in [0.05, 0.1) is 17.9 Å². The Bertz CT molecular complexity index is 1410. The maximum Gasteiger partial charge on any atom is 0.259 e. The predicted molar refractivity (Wildman–Crippen MR) is 120 cm³/mol. The first kappa shape index (κ1) is 19.0. The van der Waals surface area contributed by atoms with E-state index < -0.39 is 0 Å². The molecule has 1 fully saturated rings. The van der Waals surface area contributed by atoms with Gasteiger partial charge in [0.25, 0.3) is 5.56 Å². The molecule has 0 unspecified atom stereocenters. The molecule has 1 aromatic carbocycles. The highest BCUT2D eigenvalue weighted by Crippen LogP contribution is 2.36. The average molecular weight is 414 g/mol. The minimum absolute atomic E-state index is 0.142. The monoisotopic (exact) mass is 414 g/mol. The van der Waals surface area contributed by atoms with Crippen LogP contribution in [0, 0.1) is 0 Å². The highest BCUT2D eigenvalue weighted by molar-refractivity contribution is 5.96. The number of nitrogens with zero attached hydrogens (tertiary/aromatic N) is 5. The minimum Gasteiger partial charge on any atom is -0.382 e. The predicted octanol–water partition coefficient (Wildman–Crippen LogP) is 3.22. The molecule has 4 N–H and O–H groups in total. The van der Waals surface area contributed by atoms with E-state index in [1.54, 1.807) is 6.20 Å². The first-order valence-corrected chi connectivity index (χ1v) is 10.2. The second-order valence-corrected chi connectivity index (χ2v) is 7.51. The average Bonchev–Trinajstić information content (AvgIpc) is 3.26. The first-order chi connectivity index (χ1) is 15.2. The zero-order valence-electron chi connectivity index (χ0n) is 17.0. The summed E-state index contributed by atoms with van der Waals surface area (Å²) in [7, 11) is 0. The van der Waals surface area contributed by atoms with Gasteiger partial charge in [-0.25, -0.2) is 15.0 Å². The van der Waals surface area contributed by atoms with E-state index in [2.05, 4.69) is 43.1 Å². The molecular formula is C22H22N8O. The van der Waals surface area contributed by atoms with Gasteiger partial charge in [0.15, 0.2) is 11.5 Å². The van der Waals surface area contributed by atoms with Crippen molar-refractivity contribution in [3.63, 3.8) is 0 Å². The normalized spacial score (nSPS) is 13.3. The van der Waals surface area contributed by atoms with Gasteiger partial charge in [-0.3, -0.25) is 9.89 Å². The molecule has 6 rings (SSSR count). The summed E-state index contributed by atoms with van der Waals surface area (Å²) in [6.45, 7) is 2.11. The second-order valence-electron chi connectivity index (χ2n) is 7.51. The van der Waals surface area contributed by atoms with Crippen LogP contribution in [0.4, 0.5) is 5.82 Å². The number of rotatable bonds is 3. The number of hydrogen-bond donors (Lipinski definition) is 3. The largest absolute Gasteiger partial charge is 0.382 e. The molecule has 4 heterocycles. The number of benzene rings is 1. The maximum absolute atomic E-state index is 13.0. The van der Waals surface area contributed by atoms with Crippen LogP contribution in [0.3, 0.4) is 0 Å². The zero-order chi connectivity index (χ0) is 21.4. The summed E-state index contributed by atoms with van der Waals surface area (Å²) < 4.78 is 2.01. The standard InChI is InChI=1S/C17H17N3O.C5H5N5/c1-2-13-8-11-4-3-5-15(12-9-18-19-10-12)16(11)17(21)20(13)14-6-7-14;6-4-3-5(9-1-7-3)10-2-8-4/h3-5,8-10,14H,2,6-7H2,1H3,(H,18,19);1-2H,(H3,6,7,8,9,10). The third-order valence-corrected chi connectivity index (χ3v) is 5.50. The molecule has 4 aromatic heterocycles. The van der Waals surface area contributed by atoms with Gasteiger partial charge in [-0.1, -0.05) is 25.1 Å². The fraction of sp³-hybridized carbons (Fsp3) is 0.227. The molecule has 31 heavy (non-hydrogen) atoms. The van der Waals surface area contributed by atoms with Crippen molar-refractivity contribution in [1.29, 1.82) is 0 Å². The fourth-order valence-corrected chi connectivity index (χ4v) is 3.86. The molecule has 0 spiro atoms. The Morgan fingerprint density at radius 2 is 2.10 bits per heavy atom. The summed E-state index contributed by atoms with van der Waals surface area (Å²) >= 11 is 0. The number of imidazole rings is 1. The van der Waals surface area contributed by atoms with Crippen molar-refractivity contribution >= 4 is 27.8 Å². The molecule has 0 atom stereocenters. The maximum atomic E-state index is 13.0. The molecule has 9 nitrogen and oxygen atoms in total. The summed E-state index contributed by atoms with van der Waals surface area (Å²) in [5, 5.41) is 8.66. The van der Waals surface area contributed by atoms with Crippen LogP contribution in [0.1, 0.15) is 31.5 Å². The number of hydrogen-bond acceptors (Lipinski definition) is 6. The van der Waals surface area contributed by atoms with Crippen LogP contribution in [-0.2, 0) is 6.42 Å². The van der Waals surface area contributed by atoms with Gasteiger partial charge < -0.3 is 15.3 Å².